The monoisotopic (exact) mass is 113 g/mol. The molecule has 0 saturated carbocycles. The average molecular weight is 113 g/mol. The number of nitrogens with two attached hydrogens (primary N) is 2. The summed E-state index contributed by atoms with van der Waals surface area (Å²) in [6.07, 6.45) is 1.09. The molecule has 5 nitrogen and oxygen atoms in total. The van der Waals surface area contributed by atoms with Crippen molar-refractivity contribution in [1.29, 1.82) is 0 Å². The summed E-state index contributed by atoms with van der Waals surface area (Å²) >= 11 is 0. The zero-order chi connectivity index (χ0) is 5.98. The Hall–Kier alpha value is -1.10. The van der Waals surface area contributed by atoms with Crippen molar-refractivity contribution in [3.05, 3.63) is 0 Å². The zero-order valence-electron chi connectivity index (χ0n) is 4.20. The minimum absolute atomic E-state index is 0.264. The molecule has 0 aliphatic carbocycles. The van der Waals surface area contributed by atoms with Gasteiger partial charge in [-0.15, -0.1) is 0 Å². The Bertz CT molecular complexity index is 137. The summed E-state index contributed by atoms with van der Waals surface area (Å²) < 4.78 is 0. The predicted molar refractivity (Wildman–Crippen MR) is 31.2 cm³/mol. The lowest BCUT2D eigenvalue weighted by molar-refractivity contribution is 0.852. The number of hydrogen-bond donors (Lipinski definition) is 3. The minimum atomic E-state index is -0.378. The molecule has 5 heteroatoms. The van der Waals surface area contributed by atoms with Crippen molar-refractivity contribution in [2.24, 2.45) is 21.6 Å². The third-order valence-corrected chi connectivity index (χ3v) is 0.695. The van der Waals surface area contributed by atoms with Gasteiger partial charge < -0.3 is 11.5 Å². The molecular formula is C3H7N5. The van der Waals surface area contributed by atoms with Crippen LogP contribution in [-0.2, 0) is 0 Å². The first-order valence-corrected chi connectivity index (χ1v) is 2.17. The Morgan fingerprint density at radius 3 is 2.88 bits per heavy atom. The minimum Gasteiger partial charge on any atom is -0.368 e. The molecule has 1 atom stereocenters. The Kier molecular flexibility index (Phi) is 1.13. The first-order chi connectivity index (χ1) is 3.79. The van der Waals surface area contributed by atoms with Crippen molar-refractivity contribution in [1.82, 2.24) is 5.43 Å². The molecule has 1 aliphatic rings. The molecule has 5 N–H and O–H groups in total. The quantitative estimate of drug-likeness (QED) is 0.345. The summed E-state index contributed by atoms with van der Waals surface area (Å²) in [6, 6.07) is 0. The van der Waals surface area contributed by atoms with Crippen molar-refractivity contribution < 1.29 is 0 Å². The number of aliphatic imine (C=N–C) groups is 1. The van der Waals surface area contributed by atoms with E-state index in [1.807, 2.05) is 0 Å². The molecule has 0 spiro atoms. The van der Waals surface area contributed by atoms with Crippen LogP contribution in [0, 0.1) is 0 Å². The summed E-state index contributed by atoms with van der Waals surface area (Å²) in [5, 5.41) is 3.58. The van der Waals surface area contributed by atoms with Gasteiger partial charge in [0, 0.05) is 0 Å². The third-order valence-electron chi connectivity index (χ3n) is 0.695. The molecule has 0 bridgehead atoms. The third kappa shape index (κ3) is 0.941. The first-order valence-electron chi connectivity index (χ1n) is 2.17. The lowest BCUT2D eigenvalue weighted by Gasteiger charge is -2.06. The van der Waals surface area contributed by atoms with Crippen LogP contribution >= 0.6 is 0 Å². The first kappa shape index (κ1) is 5.04. The van der Waals surface area contributed by atoms with Crippen molar-refractivity contribution in [2.75, 3.05) is 0 Å². The summed E-state index contributed by atoms with van der Waals surface area (Å²) in [5.74, 6) is 0.264. The Morgan fingerprint density at radius 2 is 2.50 bits per heavy atom. The molecule has 8 heavy (non-hydrogen) atoms. The van der Waals surface area contributed by atoms with E-state index >= 15 is 0 Å². The van der Waals surface area contributed by atoms with Crippen LogP contribution < -0.4 is 16.9 Å². The van der Waals surface area contributed by atoms with Crippen LogP contribution in [0.5, 0.6) is 0 Å². The van der Waals surface area contributed by atoms with Crippen molar-refractivity contribution in [3.63, 3.8) is 0 Å². The van der Waals surface area contributed by atoms with Gasteiger partial charge in [0.15, 0.2) is 0 Å². The van der Waals surface area contributed by atoms with Gasteiger partial charge in [-0.05, 0) is 0 Å². The second-order valence-electron chi connectivity index (χ2n) is 1.39. The van der Waals surface area contributed by atoms with Gasteiger partial charge in [0.1, 0.15) is 6.17 Å². The average Bonchev–Trinajstić information content (AvgIpc) is 1.64. The van der Waals surface area contributed by atoms with E-state index in [4.69, 9.17) is 11.5 Å². The molecule has 0 aromatic heterocycles. The van der Waals surface area contributed by atoms with Gasteiger partial charge in [0.05, 0.1) is 6.21 Å². The smallest absolute Gasteiger partial charge is 0.211 e. The summed E-state index contributed by atoms with van der Waals surface area (Å²) in [7, 11) is 0. The van der Waals surface area contributed by atoms with E-state index in [0.29, 0.717) is 0 Å². The van der Waals surface area contributed by atoms with E-state index in [0.717, 1.165) is 0 Å². The Morgan fingerprint density at radius 1 is 1.75 bits per heavy atom. The highest BCUT2D eigenvalue weighted by Crippen LogP contribution is 1.79. The van der Waals surface area contributed by atoms with Crippen LogP contribution in [0.2, 0.25) is 0 Å². The molecule has 0 fully saturated rings. The van der Waals surface area contributed by atoms with Crippen molar-refractivity contribution in [3.8, 4) is 0 Å². The van der Waals surface area contributed by atoms with Gasteiger partial charge in [-0.1, -0.05) is 0 Å². The molecule has 0 aromatic rings. The second kappa shape index (κ2) is 1.79. The van der Waals surface area contributed by atoms with Gasteiger partial charge in [0.25, 0.3) is 0 Å². The molecule has 1 rings (SSSR count). The van der Waals surface area contributed by atoms with E-state index < -0.39 is 0 Å². The highest BCUT2D eigenvalue weighted by molar-refractivity contribution is 5.83. The molecule has 0 saturated heterocycles. The van der Waals surface area contributed by atoms with Crippen LogP contribution in [-0.4, -0.2) is 18.3 Å². The molecule has 1 unspecified atom stereocenters. The van der Waals surface area contributed by atoms with Crippen LogP contribution in [0.4, 0.5) is 0 Å². The van der Waals surface area contributed by atoms with Gasteiger partial charge in [-0.25, -0.2) is 10.4 Å². The van der Waals surface area contributed by atoms with Crippen molar-refractivity contribution >= 4 is 12.2 Å². The fourth-order valence-corrected chi connectivity index (χ4v) is 0.403. The number of rotatable bonds is 0. The number of hydrogen-bond acceptors (Lipinski definition) is 5. The van der Waals surface area contributed by atoms with Gasteiger partial charge in [-0.3, -0.25) is 0 Å². The molecule has 1 aliphatic heterocycles. The second-order valence-corrected chi connectivity index (χ2v) is 1.39. The maximum Gasteiger partial charge on any atom is 0.211 e. The van der Waals surface area contributed by atoms with Crippen LogP contribution in [0.25, 0.3) is 0 Å². The molecule has 0 amide bonds. The summed E-state index contributed by atoms with van der Waals surface area (Å²) in [4.78, 5) is 3.69. The predicted octanol–water partition coefficient (Wildman–Crippen LogP) is -1.83. The normalized spacial score (nSPS) is 26.6. The lowest BCUT2D eigenvalue weighted by Crippen LogP contribution is -2.36. The van der Waals surface area contributed by atoms with Crippen LogP contribution in [0.1, 0.15) is 0 Å². The van der Waals surface area contributed by atoms with Crippen LogP contribution in [0.3, 0.4) is 0 Å². The number of nitrogens with zero attached hydrogens (tertiary/aromatic N) is 2. The van der Waals surface area contributed by atoms with Gasteiger partial charge in [-0.2, -0.15) is 5.10 Å². The summed E-state index contributed by atoms with van der Waals surface area (Å²) in [6.45, 7) is 0. The van der Waals surface area contributed by atoms with E-state index in [1.54, 1.807) is 0 Å². The van der Waals surface area contributed by atoms with E-state index in [1.165, 1.54) is 6.21 Å². The Labute approximate surface area is 46.5 Å². The highest BCUT2D eigenvalue weighted by atomic mass is 15.4. The molecule has 1 heterocycles. The van der Waals surface area contributed by atoms with Gasteiger partial charge >= 0.3 is 0 Å². The van der Waals surface area contributed by atoms with Crippen molar-refractivity contribution in [2.45, 2.75) is 6.17 Å². The van der Waals surface area contributed by atoms with Gasteiger partial charge in [0.2, 0.25) is 5.96 Å². The van der Waals surface area contributed by atoms with E-state index in [-0.39, 0.29) is 12.1 Å². The maximum atomic E-state index is 5.27. The summed E-state index contributed by atoms with van der Waals surface area (Å²) in [5.41, 5.74) is 12.9. The standard InChI is InChI=1S/C3H7N5/c4-2-1-6-8-3(5)7-2/h1-2H,4H2,(H3,5,7,8). The topological polar surface area (TPSA) is 88.8 Å². The fraction of sp³-hybridized carbons (Fsp3) is 0.333. The number of guanidine groups is 1. The van der Waals surface area contributed by atoms with E-state index in [9.17, 15) is 0 Å². The number of nitrogens with one attached hydrogen (secondary N) is 1. The lowest BCUT2D eigenvalue weighted by atomic mass is 10.6. The molecule has 0 aromatic carbocycles. The largest absolute Gasteiger partial charge is 0.368 e. The number of hydrazone groups is 1. The maximum absolute atomic E-state index is 5.27. The molecule has 44 valence electrons. The van der Waals surface area contributed by atoms with E-state index in [2.05, 4.69) is 15.5 Å². The molecular weight excluding hydrogens is 106 g/mol. The zero-order valence-corrected chi connectivity index (χ0v) is 4.20. The Balaban J connectivity index is 2.60. The highest BCUT2D eigenvalue weighted by Gasteiger charge is 1.99. The van der Waals surface area contributed by atoms with Crippen LogP contribution in [0.15, 0.2) is 10.1 Å². The SMILES string of the molecule is NC1=NC(N)C=NN1. The fourth-order valence-electron chi connectivity index (χ4n) is 0.403. The molecule has 0 radical (unpaired) electrons.